The molecule has 164 valence electrons. The molecule has 0 atom stereocenters. The van der Waals surface area contributed by atoms with Gasteiger partial charge in [0.05, 0.1) is 18.4 Å². The van der Waals surface area contributed by atoms with Gasteiger partial charge in [0, 0.05) is 18.9 Å². The van der Waals surface area contributed by atoms with Crippen LogP contribution in [0.15, 0.2) is 70.5 Å². The molecule has 4 aromatic rings. The molecule has 3 aromatic heterocycles. The fourth-order valence-electron chi connectivity index (χ4n) is 3.03. The van der Waals surface area contributed by atoms with Crippen LogP contribution >= 0.6 is 11.3 Å². The van der Waals surface area contributed by atoms with E-state index in [-0.39, 0.29) is 27.7 Å². The van der Waals surface area contributed by atoms with Gasteiger partial charge in [-0.05, 0) is 47.3 Å². The van der Waals surface area contributed by atoms with E-state index in [0.29, 0.717) is 11.2 Å². The number of amides is 1. The number of benzene rings is 1. The van der Waals surface area contributed by atoms with Crippen LogP contribution in [0.1, 0.15) is 26.4 Å². The van der Waals surface area contributed by atoms with Crippen LogP contribution in [-0.4, -0.2) is 36.8 Å². The zero-order chi connectivity index (χ0) is 22.7. The highest BCUT2D eigenvalue weighted by Crippen LogP contribution is 2.23. The molecule has 0 aliphatic rings. The standard InChI is InChI=1S/C21H18N4O5S2/c1-30-21(27)15-9-14(10-16(11-15)24-32(28,29)19-6-4-8-31-19)12-22-20(26)17-13-25-7-3-2-5-18(25)23-17/h2-11,13,24H,12H2,1H3,(H,22,26). The van der Waals surface area contributed by atoms with Crippen LogP contribution in [0.3, 0.4) is 0 Å². The highest BCUT2D eigenvalue weighted by Gasteiger charge is 2.18. The van der Waals surface area contributed by atoms with Gasteiger partial charge in [-0.3, -0.25) is 9.52 Å². The van der Waals surface area contributed by atoms with E-state index in [1.807, 2.05) is 12.1 Å². The van der Waals surface area contributed by atoms with Crippen LogP contribution in [0.4, 0.5) is 5.69 Å². The van der Waals surface area contributed by atoms with Crippen molar-refractivity contribution in [1.82, 2.24) is 14.7 Å². The molecule has 0 unspecified atom stereocenters. The van der Waals surface area contributed by atoms with E-state index in [0.717, 1.165) is 11.3 Å². The monoisotopic (exact) mass is 470 g/mol. The Morgan fingerprint density at radius 2 is 2.00 bits per heavy atom. The Kier molecular flexibility index (Phi) is 5.93. The van der Waals surface area contributed by atoms with Crippen LogP contribution in [-0.2, 0) is 21.3 Å². The van der Waals surface area contributed by atoms with Gasteiger partial charge in [0.25, 0.3) is 15.9 Å². The molecule has 0 radical (unpaired) electrons. The molecule has 4 rings (SSSR count). The number of anilines is 1. The first-order chi connectivity index (χ1) is 15.4. The number of aromatic nitrogens is 2. The Hall–Kier alpha value is -3.70. The van der Waals surface area contributed by atoms with Gasteiger partial charge in [-0.15, -0.1) is 11.3 Å². The Morgan fingerprint density at radius 1 is 1.16 bits per heavy atom. The molecule has 3 heterocycles. The summed E-state index contributed by atoms with van der Waals surface area (Å²) in [7, 11) is -2.58. The number of hydrogen-bond donors (Lipinski definition) is 2. The molecule has 0 fully saturated rings. The number of carbonyl (C=O) groups excluding carboxylic acids is 2. The molecular formula is C21H18N4O5S2. The predicted molar refractivity (Wildman–Crippen MR) is 119 cm³/mol. The average Bonchev–Trinajstić information content (AvgIpc) is 3.47. The average molecular weight is 471 g/mol. The summed E-state index contributed by atoms with van der Waals surface area (Å²) in [5.41, 5.74) is 1.71. The molecule has 1 aromatic carbocycles. The van der Waals surface area contributed by atoms with E-state index in [4.69, 9.17) is 4.74 Å². The van der Waals surface area contributed by atoms with Crippen molar-refractivity contribution in [2.24, 2.45) is 0 Å². The fraction of sp³-hybridized carbons (Fsp3) is 0.0952. The maximum Gasteiger partial charge on any atom is 0.337 e. The molecule has 9 nitrogen and oxygen atoms in total. The van der Waals surface area contributed by atoms with Gasteiger partial charge in [-0.25, -0.2) is 18.2 Å². The SMILES string of the molecule is COC(=O)c1cc(CNC(=O)c2cn3ccccc3n2)cc(NS(=O)(=O)c2cccs2)c1. The quantitative estimate of drug-likeness (QED) is 0.401. The molecule has 1 amide bonds. The molecule has 0 bridgehead atoms. The topological polar surface area (TPSA) is 119 Å². The minimum atomic E-state index is -3.81. The third-order valence-electron chi connectivity index (χ3n) is 4.48. The lowest BCUT2D eigenvalue weighted by molar-refractivity contribution is 0.0600. The van der Waals surface area contributed by atoms with Gasteiger partial charge in [0.1, 0.15) is 15.6 Å². The molecule has 0 saturated heterocycles. The summed E-state index contributed by atoms with van der Waals surface area (Å²) in [5.74, 6) is -1.03. The number of fused-ring (bicyclic) bond motifs is 1. The fourth-order valence-corrected chi connectivity index (χ4v) is 5.06. The number of methoxy groups -OCH3 is 1. The molecular weight excluding hydrogens is 452 g/mol. The van der Waals surface area contributed by atoms with Gasteiger partial charge in [-0.2, -0.15) is 0 Å². The van der Waals surface area contributed by atoms with E-state index in [1.165, 1.54) is 25.3 Å². The van der Waals surface area contributed by atoms with Crippen molar-refractivity contribution in [3.63, 3.8) is 0 Å². The summed E-state index contributed by atoms with van der Waals surface area (Å²) >= 11 is 1.07. The van der Waals surface area contributed by atoms with Crippen LogP contribution in [0.25, 0.3) is 5.65 Å². The number of rotatable bonds is 7. The Balaban J connectivity index is 1.56. The number of carbonyl (C=O) groups is 2. The van der Waals surface area contributed by atoms with E-state index >= 15 is 0 Å². The summed E-state index contributed by atoms with van der Waals surface area (Å²) in [5, 5.41) is 4.39. The number of imidazole rings is 1. The maximum absolute atomic E-state index is 12.6. The number of nitrogens with zero attached hydrogens (tertiary/aromatic N) is 2. The lowest BCUT2D eigenvalue weighted by atomic mass is 10.1. The lowest BCUT2D eigenvalue weighted by Gasteiger charge is -2.11. The van der Waals surface area contributed by atoms with E-state index in [2.05, 4.69) is 15.0 Å². The maximum atomic E-state index is 12.6. The molecule has 11 heteroatoms. The van der Waals surface area contributed by atoms with Crippen LogP contribution in [0, 0.1) is 0 Å². The molecule has 2 N–H and O–H groups in total. The Bertz CT molecular complexity index is 1360. The zero-order valence-corrected chi connectivity index (χ0v) is 18.4. The zero-order valence-electron chi connectivity index (χ0n) is 16.8. The van der Waals surface area contributed by atoms with Gasteiger partial charge >= 0.3 is 5.97 Å². The minimum absolute atomic E-state index is 0.0469. The van der Waals surface area contributed by atoms with Crippen molar-refractivity contribution in [3.05, 3.63) is 83.1 Å². The van der Waals surface area contributed by atoms with Crippen molar-refractivity contribution in [2.45, 2.75) is 10.8 Å². The van der Waals surface area contributed by atoms with Gasteiger partial charge in [0.2, 0.25) is 0 Å². The van der Waals surface area contributed by atoms with Crippen molar-refractivity contribution >= 4 is 44.6 Å². The Morgan fingerprint density at radius 3 is 2.72 bits per heavy atom. The molecule has 32 heavy (non-hydrogen) atoms. The van der Waals surface area contributed by atoms with Crippen LogP contribution in [0.2, 0.25) is 0 Å². The van der Waals surface area contributed by atoms with Gasteiger partial charge < -0.3 is 14.5 Å². The molecule has 0 aliphatic heterocycles. The number of esters is 1. The number of nitrogens with one attached hydrogen (secondary N) is 2. The normalized spacial score (nSPS) is 11.3. The number of ether oxygens (including phenoxy) is 1. The number of pyridine rings is 1. The van der Waals surface area contributed by atoms with Crippen molar-refractivity contribution in [1.29, 1.82) is 0 Å². The van der Waals surface area contributed by atoms with Gasteiger partial charge in [0.15, 0.2) is 0 Å². The van der Waals surface area contributed by atoms with Crippen LogP contribution in [0.5, 0.6) is 0 Å². The van der Waals surface area contributed by atoms with Crippen molar-refractivity contribution < 1.29 is 22.7 Å². The summed E-state index contributed by atoms with van der Waals surface area (Å²) in [6.07, 6.45) is 3.39. The molecule has 0 saturated carbocycles. The third kappa shape index (κ3) is 4.63. The summed E-state index contributed by atoms with van der Waals surface area (Å²) in [4.78, 5) is 28.9. The van der Waals surface area contributed by atoms with Crippen LogP contribution < -0.4 is 10.0 Å². The minimum Gasteiger partial charge on any atom is -0.465 e. The lowest BCUT2D eigenvalue weighted by Crippen LogP contribution is -2.23. The van der Waals surface area contributed by atoms with Crippen molar-refractivity contribution in [3.8, 4) is 0 Å². The number of sulfonamides is 1. The van der Waals surface area contributed by atoms with Gasteiger partial charge in [-0.1, -0.05) is 12.1 Å². The highest BCUT2D eigenvalue weighted by atomic mass is 32.2. The smallest absolute Gasteiger partial charge is 0.337 e. The van der Waals surface area contributed by atoms with Crippen molar-refractivity contribution in [2.75, 3.05) is 11.8 Å². The molecule has 0 aliphatic carbocycles. The first-order valence-corrected chi connectivity index (χ1v) is 11.7. The van der Waals surface area contributed by atoms with E-state index in [9.17, 15) is 18.0 Å². The second-order valence-corrected chi connectivity index (χ2v) is 9.58. The first kappa shape index (κ1) is 21.5. The van der Waals surface area contributed by atoms with E-state index < -0.39 is 21.9 Å². The van der Waals surface area contributed by atoms with E-state index in [1.54, 1.807) is 40.4 Å². The molecule has 0 spiro atoms. The summed E-state index contributed by atoms with van der Waals surface area (Å²) in [6.45, 7) is 0.0469. The largest absolute Gasteiger partial charge is 0.465 e. The summed E-state index contributed by atoms with van der Waals surface area (Å²) in [6, 6.07) is 13.0. The third-order valence-corrected chi connectivity index (χ3v) is 7.25. The number of hydrogen-bond acceptors (Lipinski definition) is 7. The second kappa shape index (κ2) is 8.81. The summed E-state index contributed by atoms with van der Waals surface area (Å²) < 4.78 is 34.2. The predicted octanol–water partition coefficient (Wildman–Crippen LogP) is 2.91. The second-order valence-electron chi connectivity index (χ2n) is 6.72. The first-order valence-electron chi connectivity index (χ1n) is 9.36. The highest BCUT2D eigenvalue weighted by molar-refractivity contribution is 7.94. The Labute approximate surface area is 187 Å². The number of thiophene rings is 1.